The predicted molar refractivity (Wildman–Crippen MR) is 70.0 cm³/mol. The van der Waals surface area contributed by atoms with Crippen molar-refractivity contribution in [3.05, 3.63) is 0 Å². The van der Waals surface area contributed by atoms with Gasteiger partial charge in [-0.1, -0.05) is 32.1 Å². The number of halogens is 1. The molecule has 0 bridgehead atoms. The zero-order chi connectivity index (χ0) is 10.9. The van der Waals surface area contributed by atoms with Gasteiger partial charge in [-0.3, -0.25) is 4.79 Å². The van der Waals surface area contributed by atoms with Crippen LogP contribution in [0.25, 0.3) is 0 Å². The topological polar surface area (TPSA) is 41.1 Å². The molecule has 0 aromatic heterocycles. The van der Waals surface area contributed by atoms with Crippen molar-refractivity contribution in [3.8, 4) is 0 Å². The number of amides is 1. The molecular weight excluding hydrogens is 224 g/mol. The maximum Gasteiger partial charge on any atom is 0.223 e. The SMILES string of the molecule is CNCCNC(=O)C1CCCCCCC1.Cl. The molecule has 1 aliphatic rings. The molecule has 0 aromatic rings. The van der Waals surface area contributed by atoms with E-state index < -0.39 is 0 Å². The molecule has 0 radical (unpaired) electrons. The van der Waals surface area contributed by atoms with Gasteiger partial charge in [0.1, 0.15) is 0 Å². The Bertz CT molecular complexity index is 180. The number of nitrogens with one attached hydrogen (secondary N) is 2. The first-order valence-electron chi connectivity index (χ1n) is 6.27. The fraction of sp³-hybridized carbons (Fsp3) is 0.917. The van der Waals surface area contributed by atoms with Gasteiger partial charge in [-0.2, -0.15) is 0 Å². The molecule has 0 saturated heterocycles. The number of hydrogen-bond donors (Lipinski definition) is 2. The van der Waals surface area contributed by atoms with E-state index >= 15 is 0 Å². The van der Waals surface area contributed by atoms with Gasteiger partial charge in [-0.05, 0) is 19.9 Å². The summed E-state index contributed by atoms with van der Waals surface area (Å²) in [7, 11) is 1.90. The molecule has 3 nitrogen and oxygen atoms in total. The van der Waals surface area contributed by atoms with Crippen LogP contribution < -0.4 is 10.6 Å². The summed E-state index contributed by atoms with van der Waals surface area (Å²) in [6.07, 6.45) is 8.60. The monoisotopic (exact) mass is 248 g/mol. The molecule has 1 amide bonds. The van der Waals surface area contributed by atoms with E-state index in [1.165, 1.54) is 32.1 Å². The Labute approximate surface area is 105 Å². The summed E-state index contributed by atoms with van der Waals surface area (Å²) in [4.78, 5) is 11.8. The highest BCUT2D eigenvalue weighted by Gasteiger charge is 2.18. The Morgan fingerprint density at radius 3 is 2.19 bits per heavy atom. The molecule has 0 spiro atoms. The molecule has 1 rings (SSSR count). The maximum atomic E-state index is 11.8. The quantitative estimate of drug-likeness (QED) is 0.749. The molecule has 1 aliphatic carbocycles. The molecular formula is C12H25ClN2O. The lowest BCUT2D eigenvalue weighted by Gasteiger charge is -2.18. The maximum absolute atomic E-state index is 11.8. The third-order valence-corrected chi connectivity index (χ3v) is 3.15. The number of likely N-dealkylation sites (N-methyl/N-ethyl adjacent to an activating group) is 1. The molecule has 0 atom stereocenters. The van der Waals surface area contributed by atoms with Gasteiger partial charge in [0.15, 0.2) is 0 Å². The Balaban J connectivity index is 0.00000225. The second-order valence-corrected chi connectivity index (χ2v) is 4.44. The Morgan fingerprint density at radius 1 is 1.06 bits per heavy atom. The standard InChI is InChI=1S/C12H24N2O.ClH/c1-13-9-10-14-12(15)11-7-5-3-2-4-6-8-11;/h11,13H,2-10H2,1H3,(H,14,15);1H. The molecule has 1 saturated carbocycles. The largest absolute Gasteiger partial charge is 0.355 e. The average molecular weight is 249 g/mol. The molecule has 0 aromatic carbocycles. The first-order valence-corrected chi connectivity index (χ1v) is 6.27. The third-order valence-electron chi connectivity index (χ3n) is 3.15. The van der Waals surface area contributed by atoms with Crippen LogP contribution in [0.2, 0.25) is 0 Å². The first-order chi connectivity index (χ1) is 7.34. The van der Waals surface area contributed by atoms with Crippen LogP contribution in [0.15, 0.2) is 0 Å². The number of rotatable bonds is 4. The van der Waals surface area contributed by atoms with E-state index in [1.807, 2.05) is 7.05 Å². The number of carbonyl (C=O) groups excluding carboxylic acids is 1. The van der Waals surface area contributed by atoms with E-state index in [-0.39, 0.29) is 24.2 Å². The second kappa shape index (κ2) is 9.91. The molecule has 0 unspecified atom stereocenters. The number of hydrogen-bond acceptors (Lipinski definition) is 2. The second-order valence-electron chi connectivity index (χ2n) is 4.44. The fourth-order valence-electron chi connectivity index (χ4n) is 2.17. The van der Waals surface area contributed by atoms with Crippen molar-refractivity contribution in [1.29, 1.82) is 0 Å². The highest BCUT2D eigenvalue weighted by atomic mass is 35.5. The molecule has 0 heterocycles. The summed E-state index contributed by atoms with van der Waals surface area (Å²) in [5.74, 6) is 0.550. The van der Waals surface area contributed by atoms with E-state index in [1.54, 1.807) is 0 Å². The minimum atomic E-state index is 0. The minimum Gasteiger partial charge on any atom is -0.355 e. The van der Waals surface area contributed by atoms with Gasteiger partial charge in [0, 0.05) is 19.0 Å². The van der Waals surface area contributed by atoms with E-state index in [2.05, 4.69) is 10.6 Å². The summed E-state index contributed by atoms with van der Waals surface area (Å²) >= 11 is 0. The molecule has 4 heteroatoms. The Kier molecular flexibility index (Phi) is 9.74. The number of carbonyl (C=O) groups is 1. The van der Waals surface area contributed by atoms with Crippen LogP contribution in [0.5, 0.6) is 0 Å². The lowest BCUT2D eigenvalue weighted by molar-refractivity contribution is -0.125. The van der Waals surface area contributed by atoms with Crippen molar-refractivity contribution in [2.75, 3.05) is 20.1 Å². The minimum absolute atomic E-state index is 0. The van der Waals surface area contributed by atoms with Crippen molar-refractivity contribution in [3.63, 3.8) is 0 Å². The van der Waals surface area contributed by atoms with Gasteiger partial charge >= 0.3 is 0 Å². The van der Waals surface area contributed by atoms with Gasteiger partial charge in [0.2, 0.25) is 5.91 Å². The fourth-order valence-corrected chi connectivity index (χ4v) is 2.17. The van der Waals surface area contributed by atoms with E-state index in [0.717, 1.165) is 25.9 Å². The third kappa shape index (κ3) is 6.33. The normalized spacial score (nSPS) is 18.1. The summed E-state index contributed by atoms with van der Waals surface area (Å²) in [5, 5.41) is 6.03. The summed E-state index contributed by atoms with van der Waals surface area (Å²) < 4.78 is 0. The van der Waals surface area contributed by atoms with Crippen LogP contribution in [0, 0.1) is 5.92 Å². The predicted octanol–water partition coefficient (Wildman–Crippen LogP) is 2.10. The molecule has 0 aliphatic heterocycles. The highest BCUT2D eigenvalue weighted by molar-refractivity contribution is 5.85. The van der Waals surface area contributed by atoms with Crippen molar-refractivity contribution in [2.45, 2.75) is 44.9 Å². The van der Waals surface area contributed by atoms with Crippen LogP contribution in [-0.2, 0) is 4.79 Å². The molecule has 96 valence electrons. The van der Waals surface area contributed by atoms with Crippen molar-refractivity contribution >= 4 is 18.3 Å². The Morgan fingerprint density at radius 2 is 1.62 bits per heavy atom. The molecule has 16 heavy (non-hydrogen) atoms. The van der Waals surface area contributed by atoms with E-state index in [4.69, 9.17) is 0 Å². The van der Waals surface area contributed by atoms with Crippen LogP contribution in [0.4, 0.5) is 0 Å². The zero-order valence-corrected chi connectivity index (χ0v) is 11.1. The molecule has 2 N–H and O–H groups in total. The van der Waals surface area contributed by atoms with Gasteiger partial charge < -0.3 is 10.6 Å². The van der Waals surface area contributed by atoms with E-state index in [9.17, 15) is 4.79 Å². The highest BCUT2D eigenvalue weighted by Crippen LogP contribution is 2.22. The molecule has 1 fully saturated rings. The van der Waals surface area contributed by atoms with Crippen molar-refractivity contribution in [1.82, 2.24) is 10.6 Å². The lowest BCUT2D eigenvalue weighted by atomic mass is 9.90. The van der Waals surface area contributed by atoms with Gasteiger partial charge in [-0.15, -0.1) is 12.4 Å². The van der Waals surface area contributed by atoms with Crippen LogP contribution >= 0.6 is 12.4 Å². The summed E-state index contributed by atoms with van der Waals surface area (Å²) in [5.41, 5.74) is 0. The van der Waals surface area contributed by atoms with Crippen molar-refractivity contribution < 1.29 is 4.79 Å². The van der Waals surface area contributed by atoms with Crippen LogP contribution in [0.3, 0.4) is 0 Å². The van der Waals surface area contributed by atoms with E-state index in [0.29, 0.717) is 0 Å². The zero-order valence-electron chi connectivity index (χ0n) is 10.3. The van der Waals surface area contributed by atoms with Crippen LogP contribution in [-0.4, -0.2) is 26.0 Å². The lowest BCUT2D eigenvalue weighted by Crippen LogP contribution is -2.35. The van der Waals surface area contributed by atoms with Crippen molar-refractivity contribution in [2.24, 2.45) is 5.92 Å². The summed E-state index contributed by atoms with van der Waals surface area (Å²) in [6.45, 7) is 1.62. The van der Waals surface area contributed by atoms with Gasteiger partial charge in [-0.25, -0.2) is 0 Å². The van der Waals surface area contributed by atoms with Gasteiger partial charge in [0.05, 0.1) is 0 Å². The summed E-state index contributed by atoms with van der Waals surface area (Å²) in [6, 6.07) is 0. The first kappa shape index (κ1) is 15.7. The van der Waals surface area contributed by atoms with Crippen LogP contribution in [0.1, 0.15) is 44.9 Å². The average Bonchev–Trinajstić information content (AvgIpc) is 2.17. The smallest absolute Gasteiger partial charge is 0.223 e. The van der Waals surface area contributed by atoms with Gasteiger partial charge in [0.25, 0.3) is 0 Å². The Hall–Kier alpha value is -0.280.